The van der Waals surface area contributed by atoms with E-state index in [-0.39, 0.29) is 11.1 Å². The summed E-state index contributed by atoms with van der Waals surface area (Å²) in [5.74, 6) is 0. The molecule has 0 radical (unpaired) electrons. The number of sulfonamides is 1. The fraction of sp³-hybridized carbons (Fsp3) is 0.417. The minimum absolute atomic E-state index is 0.165. The Balaban J connectivity index is 2.51. The molecule has 0 saturated heterocycles. The van der Waals surface area contributed by atoms with Crippen LogP contribution in [0.25, 0.3) is 0 Å². The second kappa shape index (κ2) is 10.0. The summed E-state index contributed by atoms with van der Waals surface area (Å²) in [6.07, 6.45) is 2.87. The second-order valence-corrected chi connectivity index (χ2v) is 15.0. The Bertz CT molecular complexity index is 869. The Hall–Kier alpha value is -1.73. The third-order valence-corrected chi connectivity index (χ3v) is 12.1. The van der Waals surface area contributed by atoms with Crippen molar-refractivity contribution in [3.8, 4) is 0 Å². The van der Waals surface area contributed by atoms with Crippen LogP contribution in [0.3, 0.4) is 0 Å². The van der Waals surface area contributed by atoms with Gasteiger partial charge < -0.3 is 4.43 Å². The second-order valence-electron chi connectivity index (χ2n) is 8.90. The highest BCUT2D eigenvalue weighted by atomic mass is 32.2. The Labute approximate surface area is 183 Å². The molecule has 0 heterocycles. The molecule has 4 nitrogen and oxygen atoms in total. The number of nitrogens with two attached hydrogens (primary N) is 1. The Morgan fingerprint density at radius 1 is 1.03 bits per heavy atom. The number of primary sulfonamides is 1. The first kappa shape index (κ1) is 24.5. The van der Waals surface area contributed by atoms with Crippen LogP contribution in [-0.2, 0) is 14.4 Å². The van der Waals surface area contributed by atoms with Crippen molar-refractivity contribution >= 4 is 28.7 Å². The Morgan fingerprint density at radius 2 is 1.50 bits per heavy atom. The predicted octanol–water partition coefficient (Wildman–Crippen LogP) is 3.96. The molecule has 0 amide bonds. The molecule has 0 saturated carbocycles. The highest BCUT2D eigenvalue weighted by Crippen LogP contribution is 2.38. The average Bonchev–Trinajstić information content (AvgIpc) is 2.69. The summed E-state index contributed by atoms with van der Waals surface area (Å²) in [7, 11) is -6.39. The van der Waals surface area contributed by atoms with Gasteiger partial charge in [-0.25, -0.2) is 13.6 Å². The molecule has 0 aliphatic heterocycles. The van der Waals surface area contributed by atoms with Gasteiger partial charge in [0.25, 0.3) is 8.32 Å². The molecule has 2 rings (SSSR count). The van der Waals surface area contributed by atoms with Crippen LogP contribution in [0.5, 0.6) is 0 Å². The van der Waals surface area contributed by atoms with Crippen molar-refractivity contribution in [2.45, 2.75) is 63.3 Å². The maximum absolute atomic E-state index is 12.2. The van der Waals surface area contributed by atoms with E-state index in [4.69, 9.17) is 9.56 Å². The van der Waals surface area contributed by atoms with Crippen LogP contribution in [0.1, 0.15) is 47.0 Å². The van der Waals surface area contributed by atoms with Gasteiger partial charge in [-0.1, -0.05) is 87.5 Å². The van der Waals surface area contributed by atoms with Crippen molar-refractivity contribution in [2.24, 2.45) is 5.14 Å². The molecular weight excluding hydrogens is 410 g/mol. The summed E-state index contributed by atoms with van der Waals surface area (Å²) in [5, 5.41) is 7.07. The average molecular weight is 446 g/mol. The minimum atomic E-state index is -3.66. The van der Waals surface area contributed by atoms with Gasteiger partial charge in [0.05, 0.1) is 5.25 Å². The molecule has 0 fully saturated rings. The monoisotopic (exact) mass is 445 g/mol. The molecule has 0 aliphatic rings. The zero-order valence-electron chi connectivity index (χ0n) is 18.5. The highest BCUT2D eigenvalue weighted by Gasteiger charge is 2.51. The van der Waals surface area contributed by atoms with Crippen LogP contribution in [-0.4, -0.2) is 28.1 Å². The smallest absolute Gasteiger partial charge is 0.261 e. The van der Waals surface area contributed by atoms with Crippen LogP contribution >= 0.6 is 0 Å². The molecule has 2 unspecified atom stereocenters. The van der Waals surface area contributed by atoms with Crippen molar-refractivity contribution in [3.63, 3.8) is 0 Å². The summed E-state index contributed by atoms with van der Waals surface area (Å²) in [6.45, 7) is 12.3. The van der Waals surface area contributed by atoms with E-state index in [9.17, 15) is 8.42 Å². The van der Waals surface area contributed by atoms with E-state index in [0.29, 0.717) is 19.3 Å². The zero-order chi connectivity index (χ0) is 22.4. The molecule has 0 spiro atoms. The van der Waals surface area contributed by atoms with Crippen molar-refractivity contribution in [2.75, 3.05) is 0 Å². The summed E-state index contributed by atoms with van der Waals surface area (Å²) in [4.78, 5) is 0. The summed E-state index contributed by atoms with van der Waals surface area (Å²) in [5.41, 5.74) is 0. The van der Waals surface area contributed by atoms with Gasteiger partial charge in [-0.2, -0.15) is 0 Å². The van der Waals surface area contributed by atoms with Gasteiger partial charge in [-0.05, 0) is 41.6 Å². The Kier molecular flexibility index (Phi) is 8.22. The number of rotatable bonds is 10. The van der Waals surface area contributed by atoms with Crippen molar-refractivity contribution < 1.29 is 12.8 Å². The highest BCUT2D eigenvalue weighted by molar-refractivity contribution is 7.89. The third kappa shape index (κ3) is 5.69. The predicted molar refractivity (Wildman–Crippen MR) is 129 cm³/mol. The van der Waals surface area contributed by atoms with Crippen molar-refractivity contribution in [3.05, 3.63) is 73.3 Å². The lowest BCUT2D eigenvalue weighted by Gasteiger charge is -2.45. The van der Waals surface area contributed by atoms with Crippen LogP contribution in [0.15, 0.2) is 73.3 Å². The molecule has 0 bridgehead atoms. The van der Waals surface area contributed by atoms with E-state index in [2.05, 4.69) is 51.6 Å². The van der Waals surface area contributed by atoms with Crippen LogP contribution in [0, 0.1) is 0 Å². The van der Waals surface area contributed by atoms with Crippen LogP contribution in [0.2, 0.25) is 5.04 Å². The first-order valence-corrected chi connectivity index (χ1v) is 14.0. The lowest BCUT2D eigenvalue weighted by Crippen LogP contribution is -2.67. The molecular formula is C24H35NO3SSi. The maximum Gasteiger partial charge on any atom is 0.261 e. The fourth-order valence-corrected chi connectivity index (χ4v) is 9.85. The zero-order valence-corrected chi connectivity index (χ0v) is 20.4. The van der Waals surface area contributed by atoms with Gasteiger partial charge in [0.2, 0.25) is 10.0 Å². The van der Waals surface area contributed by atoms with E-state index in [1.54, 1.807) is 6.08 Å². The number of allylic oxidation sites excluding steroid dienone is 1. The van der Waals surface area contributed by atoms with Gasteiger partial charge in [0, 0.05) is 6.10 Å². The number of hydrogen-bond acceptors (Lipinski definition) is 3. The molecule has 2 aromatic carbocycles. The first-order valence-electron chi connectivity index (χ1n) is 10.4. The molecule has 6 heteroatoms. The van der Waals surface area contributed by atoms with E-state index in [1.807, 2.05) is 43.3 Å². The van der Waals surface area contributed by atoms with Gasteiger partial charge in [-0.15, -0.1) is 6.58 Å². The molecule has 164 valence electrons. The van der Waals surface area contributed by atoms with E-state index >= 15 is 0 Å². The largest absolute Gasteiger partial charge is 0.405 e. The summed E-state index contributed by atoms with van der Waals surface area (Å²) < 4.78 is 31.3. The van der Waals surface area contributed by atoms with Gasteiger partial charge in [0.15, 0.2) is 0 Å². The normalized spacial score (nSPS) is 14.8. The van der Waals surface area contributed by atoms with Crippen molar-refractivity contribution in [1.29, 1.82) is 0 Å². The van der Waals surface area contributed by atoms with Gasteiger partial charge >= 0.3 is 0 Å². The lowest BCUT2D eigenvalue weighted by molar-refractivity contribution is 0.193. The topological polar surface area (TPSA) is 69.4 Å². The SMILES string of the molecule is C=CCCC(CC(C)O[Si](c1ccccc1)(c1ccccc1)C(C)(C)C)S(N)(=O)=O. The summed E-state index contributed by atoms with van der Waals surface area (Å²) >= 11 is 0. The molecule has 0 aliphatic carbocycles. The number of hydrogen-bond donors (Lipinski definition) is 1. The van der Waals surface area contributed by atoms with E-state index < -0.39 is 23.6 Å². The van der Waals surface area contributed by atoms with Gasteiger partial charge in [0.1, 0.15) is 0 Å². The quantitative estimate of drug-likeness (QED) is 0.444. The standard InChI is InChI=1S/C24H35NO3SSi/c1-6-7-14-21(29(25,26)27)19-20(2)28-30(24(3,4)5,22-15-10-8-11-16-22)23-17-12-9-13-18-23/h6,8-13,15-18,20-21H,1,7,14,19H2,2-5H3,(H2,25,26,27). The van der Waals surface area contributed by atoms with Crippen LogP contribution < -0.4 is 15.5 Å². The Morgan fingerprint density at radius 3 is 1.87 bits per heavy atom. The van der Waals surface area contributed by atoms with Gasteiger partial charge in [-0.3, -0.25) is 0 Å². The lowest BCUT2D eigenvalue weighted by atomic mass is 10.1. The fourth-order valence-electron chi connectivity index (χ4n) is 4.13. The molecule has 2 aromatic rings. The summed E-state index contributed by atoms with van der Waals surface area (Å²) in [6, 6.07) is 20.7. The molecule has 30 heavy (non-hydrogen) atoms. The maximum atomic E-state index is 12.2. The van der Waals surface area contributed by atoms with Crippen LogP contribution in [0.4, 0.5) is 0 Å². The number of benzene rings is 2. The van der Waals surface area contributed by atoms with E-state index in [1.165, 1.54) is 10.4 Å². The van der Waals surface area contributed by atoms with Crippen molar-refractivity contribution in [1.82, 2.24) is 0 Å². The molecule has 0 aromatic heterocycles. The van der Waals surface area contributed by atoms with E-state index in [0.717, 1.165) is 0 Å². The third-order valence-electron chi connectivity index (χ3n) is 5.55. The minimum Gasteiger partial charge on any atom is -0.405 e. The molecule has 2 N–H and O–H groups in total. The first-order chi connectivity index (χ1) is 14.0. The molecule has 2 atom stereocenters.